The van der Waals surface area contributed by atoms with Crippen LogP contribution in [0.15, 0.2) is 36.7 Å². The fraction of sp³-hybridized carbons (Fsp3) is 0.421. The van der Waals surface area contributed by atoms with E-state index in [1.807, 2.05) is 11.8 Å². The summed E-state index contributed by atoms with van der Waals surface area (Å²) >= 11 is 0. The largest absolute Gasteiger partial charge is 0.334 e. The highest BCUT2D eigenvalue weighted by Crippen LogP contribution is 2.25. The van der Waals surface area contributed by atoms with Crippen LogP contribution in [-0.4, -0.2) is 33.4 Å². The first-order valence-corrected chi connectivity index (χ1v) is 8.47. The summed E-state index contributed by atoms with van der Waals surface area (Å²) in [6.45, 7) is 2.47. The second-order valence-corrected chi connectivity index (χ2v) is 6.36. The van der Waals surface area contributed by atoms with Crippen LogP contribution in [-0.2, 0) is 6.42 Å². The molecule has 0 unspecified atom stereocenters. The average molecular weight is 327 g/mol. The number of hydrogen-bond acceptors (Lipinski definition) is 3. The van der Waals surface area contributed by atoms with Crippen molar-refractivity contribution in [2.24, 2.45) is 0 Å². The molecule has 2 aromatic rings. The summed E-state index contributed by atoms with van der Waals surface area (Å²) in [6, 6.07) is 6.74. The van der Waals surface area contributed by atoms with Gasteiger partial charge in [-0.25, -0.2) is 9.37 Å². The Kier molecular flexibility index (Phi) is 5.18. The summed E-state index contributed by atoms with van der Waals surface area (Å²) in [5, 5.41) is 0. The predicted octanol–water partition coefficient (Wildman–Crippen LogP) is 3.55. The van der Waals surface area contributed by atoms with E-state index in [4.69, 9.17) is 0 Å². The summed E-state index contributed by atoms with van der Waals surface area (Å²) in [7, 11) is 0. The van der Waals surface area contributed by atoms with Crippen LogP contribution < -0.4 is 0 Å². The Labute approximate surface area is 141 Å². The third kappa shape index (κ3) is 3.96. The van der Waals surface area contributed by atoms with E-state index in [2.05, 4.69) is 9.97 Å². The van der Waals surface area contributed by atoms with E-state index in [0.717, 1.165) is 36.9 Å². The molecule has 0 spiro atoms. The van der Waals surface area contributed by atoms with Crippen LogP contribution in [0, 0.1) is 12.7 Å². The van der Waals surface area contributed by atoms with Gasteiger partial charge in [-0.15, -0.1) is 0 Å². The van der Waals surface area contributed by atoms with Crippen molar-refractivity contribution in [3.63, 3.8) is 0 Å². The van der Waals surface area contributed by atoms with Gasteiger partial charge in [0.25, 0.3) is 5.91 Å². The molecular formula is C19H22FN3O. The molecule has 1 saturated carbocycles. The number of aromatic nitrogens is 2. The molecule has 0 aliphatic heterocycles. The van der Waals surface area contributed by atoms with Gasteiger partial charge in [0, 0.05) is 18.8 Å². The smallest absolute Gasteiger partial charge is 0.274 e. The molecular weight excluding hydrogens is 305 g/mol. The molecule has 0 N–H and O–H groups in total. The van der Waals surface area contributed by atoms with Crippen LogP contribution in [0.4, 0.5) is 4.39 Å². The molecule has 4 nitrogen and oxygen atoms in total. The summed E-state index contributed by atoms with van der Waals surface area (Å²) in [6.07, 6.45) is 8.28. The standard InChI is InChI=1S/C19H22FN3O/c1-14-12-22-18(13-21-14)19(24)23(17-4-2-3-5-17)11-10-15-6-8-16(20)9-7-15/h6-9,12-13,17H,2-5,10-11H2,1H3. The van der Waals surface area contributed by atoms with Crippen molar-refractivity contribution in [2.45, 2.75) is 45.1 Å². The Balaban J connectivity index is 1.74. The first-order valence-electron chi connectivity index (χ1n) is 8.47. The van der Waals surface area contributed by atoms with Crippen LogP contribution >= 0.6 is 0 Å². The maximum atomic E-state index is 13.0. The average Bonchev–Trinajstić information content (AvgIpc) is 3.11. The number of amides is 1. The summed E-state index contributed by atoms with van der Waals surface area (Å²) < 4.78 is 13.0. The zero-order valence-electron chi connectivity index (χ0n) is 13.9. The summed E-state index contributed by atoms with van der Waals surface area (Å²) in [5.74, 6) is -0.297. The Morgan fingerprint density at radius 3 is 2.50 bits per heavy atom. The van der Waals surface area contributed by atoms with Crippen LogP contribution in [0.3, 0.4) is 0 Å². The number of nitrogens with zero attached hydrogens (tertiary/aromatic N) is 3. The Hall–Kier alpha value is -2.30. The van der Waals surface area contributed by atoms with E-state index < -0.39 is 0 Å². The van der Waals surface area contributed by atoms with E-state index in [0.29, 0.717) is 18.7 Å². The molecule has 3 rings (SSSR count). The highest BCUT2D eigenvalue weighted by molar-refractivity contribution is 5.92. The number of rotatable bonds is 5. The molecule has 1 aliphatic rings. The molecule has 0 bridgehead atoms. The predicted molar refractivity (Wildman–Crippen MR) is 90.2 cm³/mol. The van der Waals surface area contributed by atoms with E-state index in [1.54, 1.807) is 24.5 Å². The van der Waals surface area contributed by atoms with Crippen molar-refractivity contribution < 1.29 is 9.18 Å². The van der Waals surface area contributed by atoms with Crippen molar-refractivity contribution in [2.75, 3.05) is 6.54 Å². The number of halogens is 1. The maximum Gasteiger partial charge on any atom is 0.274 e. The van der Waals surface area contributed by atoms with E-state index in [9.17, 15) is 9.18 Å². The third-order valence-electron chi connectivity index (χ3n) is 4.58. The van der Waals surface area contributed by atoms with Crippen LogP contribution in [0.2, 0.25) is 0 Å². The van der Waals surface area contributed by atoms with E-state index in [-0.39, 0.29) is 17.8 Å². The quantitative estimate of drug-likeness (QED) is 0.843. The van der Waals surface area contributed by atoms with Gasteiger partial charge in [-0.3, -0.25) is 9.78 Å². The van der Waals surface area contributed by atoms with Gasteiger partial charge < -0.3 is 4.90 Å². The molecule has 0 atom stereocenters. The van der Waals surface area contributed by atoms with Gasteiger partial charge in [0.15, 0.2) is 0 Å². The minimum atomic E-state index is -0.239. The summed E-state index contributed by atoms with van der Waals surface area (Å²) in [4.78, 5) is 23.2. The molecule has 0 radical (unpaired) electrons. The lowest BCUT2D eigenvalue weighted by molar-refractivity contribution is 0.0677. The zero-order chi connectivity index (χ0) is 16.9. The molecule has 0 saturated heterocycles. The van der Waals surface area contributed by atoms with Crippen molar-refractivity contribution >= 4 is 5.91 Å². The van der Waals surface area contributed by atoms with Crippen molar-refractivity contribution in [1.29, 1.82) is 0 Å². The van der Waals surface area contributed by atoms with Crippen molar-refractivity contribution in [3.8, 4) is 0 Å². The van der Waals surface area contributed by atoms with Gasteiger partial charge in [0.2, 0.25) is 0 Å². The van der Waals surface area contributed by atoms with Gasteiger partial charge in [-0.1, -0.05) is 25.0 Å². The van der Waals surface area contributed by atoms with Crippen molar-refractivity contribution in [1.82, 2.24) is 14.9 Å². The maximum absolute atomic E-state index is 13.0. The second kappa shape index (κ2) is 7.51. The molecule has 1 aromatic heterocycles. The lowest BCUT2D eigenvalue weighted by Gasteiger charge is -2.28. The molecule has 5 heteroatoms. The van der Waals surface area contributed by atoms with Gasteiger partial charge >= 0.3 is 0 Å². The highest BCUT2D eigenvalue weighted by Gasteiger charge is 2.28. The van der Waals surface area contributed by atoms with Gasteiger partial charge in [0.05, 0.1) is 11.9 Å². The number of hydrogen-bond donors (Lipinski definition) is 0. The lowest BCUT2D eigenvalue weighted by Crippen LogP contribution is -2.40. The number of carbonyl (C=O) groups is 1. The molecule has 126 valence electrons. The van der Waals surface area contributed by atoms with Crippen molar-refractivity contribution in [3.05, 3.63) is 59.4 Å². The lowest BCUT2D eigenvalue weighted by atomic mass is 10.1. The number of aryl methyl sites for hydroxylation is 1. The van der Waals surface area contributed by atoms with Crippen LogP contribution in [0.1, 0.15) is 47.4 Å². The topological polar surface area (TPSA) is 46.1 Å². The fourth-order valence-electron chi connectivity index (χ4n) is 3.22. The molecule has 1 heterocycles. The fourth-order valence-corrected chi connectivity index (χ4v) is 3.22. The minimum Gasteiger partial charge on any atom is -0.334 e. The second-order valence-electron chi connectivity index (χ2n) is 6.36. The minimum absolute atomic E-state index is 0.0588. The SMILES string of the molecule is Cc1cnc(C(=O)N(CCc2ccc(F)cc2)C2CCCC2)cn1. The zero-order valence-corrected chi connectivity index (χ0v) is 13.9. The molecule has 1 amide bonds. The normalized spacial score (nSPS) is 14.8. The third-order valence-corrected chi connectivity index (χ3v) is 4.58. The first-order chi connectivity index (χ1) is 11.6. The Morgan fingerprint density at radius 2 is 1.88 bits per heavy atom. The van der Waals surface area contributed by atoms with Gasteiger partial charge in [-0.05, 0) is 43.9 Å². The molecule has 1 fully saturated rings. The molecule has 1 aromatic carbocycles. The van der Waals surface area contributed by atoms with Crippen LogP contribution in [0.5, 0.6) is 0 Å². The first kappa shape index (κ1) is 16.6. The highest BCUT2D eigenvalue weighted by atomic mass is 19.1. The summed E-state index contributed by atoms with van der Waals surface area (Å²) in [5.41, 5.74) is 2.22. The van der Waals surface area contributed by atoms with Crippen LogP contribution in [0.25, 0.3) is 0 Å². The number of carbonyl (C=O) groups excluding carboxylic acids is 1. The Morgan fingerprint density at radius 1 is 1.17 bits per heavy atom. The van der Waals surface area contributed by atoms with Gasteiger partial charge in [0.1, 0.15) is 11.5 Å². The van der Waals surface area contributed by atoms with E-state index in [1.165, 1.54) is 12.1 Å². The molecule has 24 heavy (non-hydrogen) atoms. The van der Waals surface area contributed by atoms with E-state index >= 15 is 0 Å². The monoisotopic (exact) mass is 327 g/mol. The number of benzene rings is 1. The Bertz CT molecular complexity index is 679. The molecule has 1 aliphatic carbocycles. The van der Waals surface area contributed by atoms with Gasteiger partial charge in [-0.2, -0.15) is 0 Å².